The fourth-order valence-corrected chi connectivity index (χ4v) is 3.99. The molecule has 3 aromatic rings. The molecule has 6 N–H and O–H groups in total. The van der Waals surface area contributed by atoms with Crippen LogP contribution in [0.4, 0.5) is 23.0 Å². The Labute approximate surface area is 179 Å². The molecule has 1 aromatic carbocycles. The van der Waals surface area contributed by atoms with Crippen LogP contribution in [0.5, 0.6) is 0 Å². The lowest BCUT2D eigenvalue weighted by molar-refractivity contribution is -0.564. The van der Waals surface area contributed by atoms with Crippen molar-refractivity contribution in [1.29, 1.82) is 5.26 Å². The van der Waals surface area contributed by atoms with Crippen molar-refractivity contribution >= 4 is 34.6 Å². The molecular formula is C22H25N8O+. The van der Waals surface area contributed by atoms with Gasteiger partial charge >= 0.3 is 5.65 Å². The first kappa shape index (κ1) is 19.3. The highest BCUT2D eigenvalue weighted by molar-refractivity contribution is 5.90. The van der Waals surface area contributed by atoms with Gasteiger partial charge in [-0.05, 0) is 55.3 Å². The molecule has 9 heteroatoms. The van der Waals surface area contributed by atoms with Gasteiger partial charge in [0.2, 0.25) is 17.5 Å². The van der Waals surface area contributed by atoms with Crippen molar-refractivity contribution in [2.75, 3.05) is 22.5 Å². The molecule has 9 nitrogen and oxygen atoms in total. The van der Waals surface area contributed by atoms with Crippen molar-refractivity contribution in [3.63, 3.8) is 0 Å². The summed E-state index contributed by atoms with van der Waals surface area (Å²) in [7, 11) is 0. The molecule has 0 bridgehead atoms. The Hall–Kier alpha value is -3.64. The molecule has 1 amide bonds. The van der Waals surface area contributed by atoms with Gasteiger partial charge < -0.3 is 21.7 Å². The van der Waals surface area contributed by atoms with Crippen LogP contribution in [0.3, 0.4) is 0 Å². The second kappa shape index (κ2) is 7.56. The number of rotatable bonds is 7. The summed E-state index contributed by atoms with van der Waals surface area (Å²) in [6.07, 6.45) is 4.96. The third-order valence-corrected chi connectivity index (χ3v) is 5.84. The number of nitrogens with two attached hydrogens (primary N) is 1. The third-order valence-electron chi connectivity index (χ3n) is 5.84. The summed E-state index contributed by atoms with van der Waals surface area (Å²) in [5.74, 6) is 2.22. The van der Waals surface area contributed by atoms with Crippen molar-refractivity contribution in [3.8, 4) is 6.07 Å². The third kappa shape index (κ3) is 3.90. The van der Waals surface area contributed by atoms with E-state index in [4.69, 9.17) is 5.73 Å². The molecule has 5 rings (SSSR count). The maximum absolute atomic E-state index is 11.8. The summed E-state index contributed by atoms with van der Waals surface area (Å²) >= 11 is 0. The predicted molar refractivity (Wildman–Crippen MR) is 117 cm³/mol. The van der Waals surface area contributed by atoms with Crippen LogP contribution in [0.15, 0.2) is 30.5 Å². The SMILES string of the molecule is CC(=O)Nc1cc(Nc2cc(NC3CC3)[n+]3[nH]cc(C#N)c3n2)ccc1[C@H]1C[C@@H]1CN. The number of nitrogens with zero attached hydrogens (tertiary/aromatic N) is 3. The molecule has 31 heavy (non-hydrogen) atoms. The minimum atomic E-state index is -0.110. The molecule has 2 heterocycles. The maximum Gasteiger partial charge on any atom is 0.306 e. The van der Waals surface area contributed by atoms with E-state index in [0.29, 0.717) is 41.5 Å². The number of nitriles is 1. The van der Waals surface area contributed by atoms with Gasteiger partial charge in [0.05, 0.1) is 18.3 Å². The Bertz CT molecular complexity index is 1210. The van der Waals surface area contributed by atoms with Crippen molar-refractivity contribution in [2.24, 2.45) is 11.7 Å². The van der Waals surface area contributed by atoms with Crippen LogP contribution in [0, 0.1) is 17.2 Å². The number of nitrogens with one attached hydrogen (secondary N) is 4. The van der Waals surface area contributed by atoms with Gasteiger partial charge in [-0.2, -0.15) is 5.26 Å². The topological polar surface area (TPSA) is 136 Å². The van der Waals surface area contributed by atoms with Crippen molar-refractivity contribution in [3.05, 3.63) is 41.6 Å². The molecule has 2 saturated carbocycles. The molecule has 2 aliphatic rings. The van der Waals surface area contributed by atoms with Gasteiger partial charge in [0, 0.05) is 18.3 Å². The lowest BCUT2D eigenvalue weighted by atomic mass is 10.1. The number of H-pyrrole nitrogens is 1. The largest absolute Gasteiger partial charge is 0.330 e. The monoisotopic (exact) mass is 417 g/mol. The van der Waals surface area contributed by atoms with Crippen LogP contribution in [-0.4, -0.2) is 28.6 Å². The standard InChI is InChI=1S/C22H24N8O/c1-12(31)26-19-7-16(4-5-17(19)18-6-13(18)9-23)27-20-8-21(28-15-2-3-15)30-22(29-20)14(10-24)11-25-30/h4-5,7-8,11,13,15,18H,2-3,6,9,23H2,1H3,(H3,25,26,27,28,29,31)/p+1/t13-,18+/m1/s1. The second-order valence-corrected chi connectivity index (χ2v) is 8.35. The number of carbonyl (C=O) groups is 1. The molecular weight excluding hydrogens is 392 g/mol. The van der Waals surface area contributed by atoms with Crippen LogP contribution in [0.2, 0.25) is 0 Å². The fourth-order valence-electron chi connectivity index (χ4n) is 3.99. The number of hydrogen-bond acceptors (Lipinski definition) is 6. The van der Waals surface area contributed by atoms with Gasteiger partial charge in [-0.25, -0.2) is 5.10 Å². The summed E-state index contributed by atoms with van der Waals surface area (Å²) in [4.78, 5) is 16.4. The first-order valence-corrected chi connectivity index (χ1v) is 10.5. The van der Waals surface area contributed by atoms with E-state index in [1.165, 1.54) is 6.92 Å². The number of benzene rings is 1. The molecule has 0 unspecified atom stereocenters. The zero-order valence-electron chi connectivity index (χ0n) is 17.3. The van der Waals surface area contributed by atoms with E-state index in [1.807, 2.05) is 24.3 Å². The zero-order valence-corrected chi connectivity index (χ0v) is 17.3. The lowest BCUT2D eigenvalue weighted by Gasteiger charge is -2.13. The van der Waals surface area contributed by atoms with E-state index in [2.05, 4.69) is 32.1 Å². The number of amides is 1. The Balaban J connectivity index is 1.48. The highest BCUT2D eigenvalue weighted by atomic mass is 16.1. The summed E-state index contributed by atoms with van der Waals surface area (Å²) in [6, 6.07) is 10.5. The normalized spacial score (nSPS) is 19.6. The lowest BCUT2D eigenvalue weighted by Crippen LogP contribution is -2.30. The second-order valence-electron chi connectivity index (χ2n) is 8.35. The highest BCUT2D eigenvalue weighted by Crippen LogP contribution is 2.49. The molecule has 0 aliphatic heterocycles. The minimum absolute atomic E-state index is 0.110. The van der Waals surface area contributed by atoms with E-state index in [1.54, 1.807) is 10.7 Å². The zero-order chi connectivity index (χ0) is 21.5. The molecule has 2 aliphatic carbocycles. The highest BCUT2D eigenvalue weighted by Gasteiger charge is 2.38. The quantitative estimate of drug-likeness (QED) is 0.375. The van der Waals surface area contributed by atoms with Crippen LogP contribution < -0.4 is 26.2 Å². The average molecular weight is 417 g/mol. The van der Waals surface area contributed by atoms with E-state index in [9.17, 15) is 10.1 Å². The number of anilines is 4. The van der Waals surface area contributed by atoms with Crippen LogP contribution in [-0.2, 0) is 4.79 Å². The summed E-state index contributed by atoms with van der Waals surface area (Å²) in [6.45, 7) is 2.16. The first-order chi connectivity index (χ1) is 15.1. The summed E-state index contributed by atoms with van der Waals surface area (Å²) < 4.78 is 1.79. The summed E-state index contributed by atoms with van der Waals surface area (Å²) in [5, 5.41) is 22.3. The summed E-state index contributed by atoms with van der Waals surface area (Å²) in [5.41, 5.74) is 9.56. The molecule has 2 aromatic heterocycles. The van der Waals surface area contributed by atoms with Crippen molar-refractivity contribution in [2.45, 2.75) is 38.1 Å². The molecule has 2 atom stereocenters. The van der Waals surface area contributed by atoms with Gasteiger partial charge in [-0.3, -0.25) is 4.79 Å². The number of carbonyl (C=O) groups excluding carboxylic acids is 1. The smallest absolute Gasteiger partial charge is 0.306 e. The van der Waals surface area contributed by atoms with Crippen molar-refractivity contribution < 1.29 is 9.31 Å². The molecule has 0 radical (unpaired) electrons. The Kier molecular flexibility index (Phi) is 4.71. The number of fused-ring (bicyclic) bond motifs is 1. The van der Waals surface area contributed by atoms with Crippen molar-refractivity contribution in [1.82, 2.24) is 10.1 Å². The van der Waals surface area contributed by atoms with Gasteiger partial charge in [0.15, 0.2) is 0 Å². The van der Waals surface area contributed by atoms with Crippen LogP contribution >= 0.6 is 0 Å². The van der Waals surface area contributed by atoms with E-state index in [0.717, 1.165) is 42.0 Å². The van der Waals surface area contributed by atoms with Crippen LogP contribution in [0.1, 0.15) is 43.2 Å². The average Bonchev–Trinajstić information content (AvgIpc) is 3.66. The minimum Gasteiger partial charge on any atom is -0.330 e. The molecule has 158 valence electrons. The Morgan fingerprint density at radius 2 is 2.23 bits per heavy atom. The van der Waals surface area contributed by atoms with E-state index >= 15 is 0 Å². The van der Waals surface area contributed by atoms with Gasteiger partial charge in [0.25, 0.3) is 0 Å². The number of aromatic nitrogens is 3. The van der Waals surface area contributed by atoms with Gasteiger partial charge in [-0.15, -0.1) is 4.52 Å². The molecule has 2 fully saturated rings. The predicted octanol–water partition coefficient (Wildman–Crippen LogP) is 2.36. The van der Waals surface area contributed by atoms with E-state index < -0.39 is 0 Å². The Morgan fingerprint density at radius 3 is 2.90 bits per heavy atom. The fraction of sp³-hybridized carbons (Fsp3) is 0.364. The molecule has 0 saturated heterocycles. The Morgan fingerprint density at radius 1 is 1.39 bits per heavy atom. The number of aromatic amines is 1. The van der Waals surface area contributed by atoms with Crippen LogP contribution in [0.25, 0.3) is 5.65 Å². The van der Waals surface area contributed by atoms with E-state index in [-0.39, 0.29) is 5.91 Å². The van der Waals surface area contributed by atoms with Gasteiger partial charge in [0.1, 0.15) is 11.6 Å². The number of hydrogen-bond donors (Lipinski definition) is 5. The first-order valence-electron chi connectivity index (χ1n) is 10.5. The van der Waals surface area contributed by atoms with Gasteiger partial charge in [-0.1, -0.05) is 11.1 Å². The maximum atomic E-state index is 11.8. The molecule has 0 spiro atoms.